The van der Waals surface area contributed by atoms with E-state index in [4.69, 9.17) is 9.47 Å². The van der Waals surface area contributed by atoms with Crippen molar-refractivity contribution in [3.63, 3.8) is 0 Å². The topological polar surface area (TPSA) is 52.6 Å². The molecular weight excluding hydrogens is 316 g/mol. The molecule has 0 amide bonds. The van der Waals surface area contributed by atoms with E-state index in [1.807, 2.05) is 30.3 Å². The molecule has 1 aromatic carbocycles. The van der Waals surface area contributed by atoms with E-state index in [2.05, 4.69) is 6.92 Å². The van der Waals surface area contributed by atoms with Crippen LogP contribution < -0.4 is 0 Å². The monoisotopic (exact) mass is 348 g/mol. The number of esters is 2. The second-order valence-electron chi connectivity index (χ2n) is 6.44. The summed E-state index contributed by atoms with van der Waals surface area (Å²) in [7, 11) is 0. The van der Waals surface area contributed by atoms with Crippen LogP contribution in [0, 0.1) is 11.8 Å². The Hall–Kier alpha value is -1.84. The van der Waals surface area contributed by atoms with Crippen LogP contribution in [-0.4, -0.2) is 18.5 Å². The summed E-state index contributed by atoms with van der Waals surface area (Å²) in [6, 6.07) is 9.56. The lowest BCUT2D eigenvalue weighted by atomic mass is 9.88. The van der Waals surface area contributed by atoms with Crippen LogP contribution in [0.25, 0.3) is 0 Å². The van der Waals surface area contributed by atoms with Crippen molar-refractivity contribution in [3.8, 4) is 0 Å². The van der Waals surface area contributed by atoms with Crippen LogP contribution in [0.1, 0.15) is 64.9 Å². The highest BCUT2D eigenvalue weighted by Crippen LogP contribution is 2.23. The van der Waals surface area contributed by atoms with Gasteiger partial charge in [-0.2, -0.15) is 0 Å². The predicted octanol–water partition coefficient (Wildman–Crippen LogP) is 4.91. The number of hydrogen-bond acceptors (Lipinski definition) is 4. The Kier molecular flexibility index (Phi) is 10.6. The van der Waals surface area contributed by atoms with Gasteiger partial charge in [-0.1, -0.05) is 76.3 Å². The zero-order valence-electron chi connectivity index (χ0n) is 15.8. The summed E-state index contributed by atoms with van der Waals surface area (Å²) in [5, 5.41) is 0. The van der Waals surface area contributed by atoms with Gasteiger partial charge in [-0.05, 0) is 18.9 Å². The van der Waals surface area contributed by atoms with Crippen LogP contribution in [0.5, 0.6) is 0 Å². The molecule has 2 atom stereocenters. The summed E-state index contributed by atoms with van der Waals surface area (Å²) in [6.45, 7) is 6.29. The van der Waals surface area contributed by atoms with Crippen LogP contribution in [0.2, 0.25) is 0 Å². The second kappa shape index (κ2) is 12.5. The second-order valence-corrected chi connectivity index (χ2v) is 6.44. The number of benzene rings is 1. The normalized spacial score (nSPS) is 13.1. The van der Waals surface area contributed by atoms with Crippen LogP contribution in [0.3, 0.4) is 0 Å². The van der Waals surface area contributed by atoms with Crippen molar-refractivity contribution in [3.05, 3.63) is 35.9 Å². The largest absolute Gasteiger partial charge is 0.466 e. The van der Waals surface area contributed by atoms with Gasteiger partial charge < -0.3 is 9.47 Å². The Balaban J connectivity index is 2.55. The number of unbranched alkanes of at least 4 members (excludes halogenated alkanes) is 4. The minimum absolute atomic E-state index is 0.232. The Morgan fingerprint density at radius 2 is 1.60 bits per heavy atom. The van der Waals surface area contributed by atoms with E-state index < -0.39 is 11.8 Å². The van der Waals surface area contributed by atoms with Crippen LogP contribution in [0.15, 0.2) is 30.3 Å². The lowest BCUT2D eigenvalue weighted by Crippen LogP contribution is -2.30. The van der Waals surface area contributed by atoms with E-state index in [9.17, 15) is 9.59 Å². The Morgan fingerprint density at radius 1 is 0.920 bits per heavy atom. The van der Waals surface area contributed by atoms with Gasteiger partial charge in [0.2, 0.25) is 0 Å². The number of rotatable bonds is 12. The molecule has 4 nitrogen and oxygen atoms in total. The molecule has 4 heteroatoms. The molecule has 0 bridgehead atoms. The maximum Gasteiger partial charge on any atom is 0.309 e. The maximum atomic E-state index is 12.4. The van der Waals surface area contributed by atoms with Crippen molar-refractivity contribution in [2.45, 2.75) is 65.9 Å². The number of carbonyl (C=O) groups is 2. The van der Waals surface area contributed by atoms with Gasteiger partial charge >= 0.3 is 11.9 Å². The highest BCUT2D eigenvalue weighted by Gasteiger charge is 2.32. The first-order chi connectivity index (χ1) is 12.1. The molecule has 0 aliphatic rings. The Labute approximate surface area is 151 Å². The van der Waals surface area contributed by atoms with Crippen molar-refractivity contribution in [2.75, 3.05) is 6.61 Å². The molecule has 0 aromatic heterocycles. The van der Waals surface area contributed by atoms with Crippen LogP contribution >= 0.6 is 0 Å². The highest BCUT2D eigenvalue weighted by molar-refractivity contribution is 5.81. The molecule has 140 valence electrons. The molecule has 0 radical (unpaired) electrons. The summed E-state index contributed by atoms with van der Waals surface area (Å²) in [6.07, 6.45) is 6.24. The zero-order chi connectivity index (χ0) is 18.5. The summed E-state index contributed by atoms with van der Waals surface area (Å²) >= 11 is 0. The molecule has 0 aliphatic carbocycles. The number of hydrogen-bond donors (Lipinski definition) is 0. The molecule has 0 saturated heterocycles. The van der Waals surface area contributed by atoms with Gasteiger partial charge in [0.25, 0.3) is 0 Å². The van der Waals surface area contributed by atoms with Crippen molar-refractivity contribution in [2.24, 2.45) is 11.8 Å². The summed E-state index contributed by atoms with van der Waals surface area (Å²) < 4.78 is 10.6. The van der Waals surface area contributed by atoms with E-state index in [0.29, 0.717) is 13.0 Å². The summed E-state index contributed by atoms with van der Waals surface area (Å²) in [5.41, 5.74) is 0.940. The fourth-order valence-corrected chi connectivity index (χ4v) is 2.81. The van der Waals surface area contributed by atoms with E-state index in [-0.39, 0.29) is 18.5 Å². The molecule has 2 unspecified atom stereocenters. The maximum absolute atomic E-state index is 12.4. The fourth-order valence-electron chi connectivity index (χ4n) is 2.81. The average Bonchev–Trinajstić information content (AvgIpc) is 2.63. The first-order valence-corrected chi connectivity index (χ1v) is 9.47. The third-order valence-corrected chi connectivity index (χ3v) is 4.41. The molecule has 0 aliphatic heterocycles. The van der Waals surface area contributed by atoms with E-state index in [1.165, 1.54) is 19.3 Å². The van der Waals surface area contributed by atoms with Gasteiger partial charge in [-0.15, -0.1) is 0 Å². The van der Waals surface area contributed by atoms with Gasteiger partial charge in [0.05, 0.1) is 18.4 Å². The average molecular weight is 348 g/mol. The quantitative estimate of drug-likeness (QED) is 0.398. The van der Waals surface area contributed by atoms with Gasteiger partial charge in [0.15, 0.2) is 0 Å². The van der Waals surface area contributed by atoms with Gasteiger partial charge in [-0.25, -0.2) is 0 Å². The molecule has 0 saturated carbocycles. The Bertz CT molecular complexity index is 498. The lowest BCUT2D eigenvalue weighted by molar-refractivity contribution is -0.161. The number of carbonyl (C=O) groups excluding carboxylic acids is 2. The van der Waals surface area contributed by atoms with Crippen LogP contribution in [-0.2, 0) is 25.7 Å². The third kappa shape index (κ3) is 8.19. The first kappa shape index (κ1) is 21.2. The fraction of sp³-hybridized carbons (Fsp3) is 0.619. The minimum Gasteiger partial charge on any atom is -0.466 e. The van der Waals surface area contributed by atoms with E-state index in [1.54, 1.807) is 13.8 Å². The van der Waals surface area contributed by atoms with E-state index in [0.717, 1.165) is 18.4 Å². The summed E-state index contributed by atoms with van der Waals surface area (Å²) in [5.74, 6) is -1.54. The SMILES string of the molecule is CCCCCCCC(C(=O)OCC)C(C)C(=O)OCc1ccccc1. The van der Waals surface area contributed by atoms with Crippen molar-refractivity contribution in [1.29, 1.82) is 0 Å². The molecule has 25 heavy (non-hydrogen) atoms. The summed E-state index contributed by atoms with van der Waals surface area (Å²) in [4.78, 5) is 24.6. The molecule has 1 aromatic rings. The predicted molar refractivity (Wildman–Crippen MR) is 98.9 cm³/mol. The first-order valence-electron chi connectivity index (χ1n) is 9.47. The molecule has 0 N–H and O–H groups in total. The Morgan fingerprint density at radius 3 is 2.24 bits per heavy atom. The van der Waals surface area contributed by atoms with Crippen molar-refractivity contribution < 1.29 is 19.1 Å². The van der Waals surface area contributed by atoms with Crippen molar-refractivity contribution >= 4 is 11.9 Å². The van der Waals surface area contributed by atoms with Crippen LogP contribution in [0.4, 0.5) is 0 Å². The molecule has 0 fully saturated rings. The number of ether oxygens (including phenoxy) is 2. The molecule has 1 rings (SSSR count). The minimum atomic E-state index is -0.492. The third-order valence-electron chi connectivity index (χ3n) is 4.41. The standard InChI is InChI=1S/C21H32O4/c1-4-6-7-8-12-15-19(21(23)24-5-2)17(3)20(22)25-16-18-13-10-9-11-14-18/h9-11,13-14,17,19H,4-8,12,15-16H2,1-3H3. The molecular formula is C21H32O4. The van der Waals surface area contributed by atoms with E-state index >= 15 is 0 Å². The highest BCUT2D eigenvalue weighted by atomic mass is 16.5. The lowest BCUT2D eigenvalue weighted by Gasteiger charge is -2.21. The smallest absolute Gasteiger partial charge is 0.309 e. The zero-order valence-corrected chi connectivity index (χ0v) is 15.8. The van der Waals surface area contributed by atoms with Crippen molar-refractivity contribution in [1.82, 2.24) is 0 Å². The van der Waals surface area contributed by atoms with Gasteiger partial charge in [-0.3, -0.25) is 9.59 Å². The molecule has 0 heterocycles. The molecule has 0 spiro atoms. The van der Waals surface area contributed by atoms with Gasteiger partial charge in [0.1, 0.15) is 6.61 Å². The van der Waals surface area contributed by atoms with Gasteiger partial charge in [0, 0.05) is 0 Å².